The van der Waals surface area contributed by atoms with Crippen LogP contribution >= 0.6 is 0 Å². The zero-order chi connectivity index (χ0) is 21.0. The molecule has 2 heterocycles. The first-order valence-electron chi connectivity index (χ1n) is 8.75. The van der Waals surface area contributed by atoms with Crippen LogP contribution in [0.25, 0.3) is 0 Å². The number of amides is 3. The lowest BCUT2D eigenvalue weighted by atomic mass is 10.2. The molecule has 0 aromatic heterocycles. The Kier molecular flexibility index (Phi) is 6.22. The van der Waals surface area contributed by atoms with Crippen LogP contribution in [0.2, 0.25) is 0 Å². The lowest BCUT2D eigenvalue weighted by Gasteiger charge is -2.28. The number of benzene rings is 1. The molecule has 2 aliphatic rings. The van der Waals surface area contributed by atoms with E-state index in [1.807, 2.05) is 0 Å². The zero-order valence-electron chi connectivity index (χ0n) is 15.3. The number of aliphatic hydroxyl groups excluding tert-OH is 1. The number of ether oxygens (including phenoxy) is 1. The molecule has 3 rings (SSSR count). The largest absolute Gasteiger partial charge is 0.442 e. The van der Waals surface area contributed by atoms with E-state index in [1.165, 1.54) is 28.3 Å². The summed E-state index contributed by atoms with van der Waals surface area (Å²) in [5, 5.41) is 16.1. The number of hydrazone groups is 1. The third-order valence-electron chi connectivity index (χ3n) is 4.38. The Bertz CT molecular complexity index is 836. The number of rotatable bonds is 6. The zero-order valence-corrected chi connectivity index (χ0v) is 15.3. The number of nitrogens with one attached hydrogen (secondary N) is 1. The molecule has 1 aromatic carbocycles. The third kappa shape index (κ3) is 4.59. The van der Waals surface area contributed by atoms with Crippen molar-refractivity contribution < 1.29 is 33.0 Å². The maximum Gasteiger partial charge on any atom is 0.414 e. The van der Waals surface area contributed by atoms with Gasteiger partial charge in [-0.05, 0) is 18.2 Å². The van der Waals surface area contributed by atoms with Crippen molar-refractivity contribution in [2.24, 2.45) is 5.10 Å². The molecule has 12 heteroatoms. The highest BCUT2D eigenvalue weighted by Crippen LogP contribution is 2.28. The van der Waals surface area contributed by atoms with Crippen LogP contribution < -0.4 is 15.1 Å². The first-order chi connectivity index (χ1) is 13.9. The normalized spacial score (nSPS) is 18.8. The monoisotopic (exact) mass is 411 g/mol. The van der Waals surface area contributed by atoms with Gasteiger partial charge in [0.25, 0.3) is 11.8 Å². The molecule has 0 saturated carbocycles. The van der Waals surface area contributed by atoms with Crippen LogP contribution in [0.1, 0.15) is 0 Å². The predicted molar refractivity (Wildman–Crippen MR) is 97.6 cm³/mol. The number of hydrogen-bond acceptors (Lipinski definition) is 7. The number of carbonyl (C=O) groups excluding carboxylic acids is 3. The Morgan fingerprint density at radius 1 is 1.34 bits per heavy atom. The Balaban J connectivity index is 1.66. The smallest absolute Gasteiger partial charge is 0.414 e. The van der Waals surface area contributed by atoms with Gasteiger partial charge in [0.1, 0.15) is 24.9 Å². The van der Waals surface area contributed by atoms with Crippen molar-refractivity contribution in [1.29, 1.82) is 0 Å². The van der Waals surface area contributed by atoms with Crippen LogP contribution in [0.15, 0.2) is 23.3 Å². The number of halogens is 2. The second kappa shape index (κ2) is 8.82. The highest BCUT2D eigenvalue weighted by Gasteiger charge is 2.33. The van der Waals surface area contributed by atoms with Gasteiger partial charge in [0.05, 0.1) is 31.0 Å². The Morgan fingerprint density at radius 2 is 2.14 bits per heavy atom. The number of alkyl halides is 1. The average Bonchev–Trinajstić information content (AvgIpc) is 3.12. The minimum absolute atomic E-state index is 0.0428. The number of carbonyl (C=O) groups is 3. The van der Waals surface area contributed by atoms with Crippen molar-refractivity contribution in [1.82, 2.24) is 10.3 Å². The molecule has 156 valence electrons. The van der Waals surface area contributed by atoms with Crippen molar-refractivity contribution in [2.45, 2.75) is 6.10 Å². The number of aliphatic hydroxyl groups is 1. The van der Waals surface area contributed by atoms with E-state index in [2.05, 4.69) is 10.4 Å². The molecule has 2 N–H and O–H groups in total. The van der Waals surface area contributed by atoms with Crippen molar-refractivity contribution >= 4 is 35.6 Å². The lowest BCUT2D eigenvalue weighted by Crippen LogP contribution is -2.42. The summed E-state index contributed by atoms with van der Waals surface area (Å²) in [5.74, 6) is -1.98. The average molecular weight is 411 g/mol. The number of anilines is 2. The van der Waals surface area contributed by atoms with Gasteiger partial charge in [-0.1, -0.05) is 0 Å². The Morgan fingerprint density at radius 3 is 2.76 bits per heavy atom. The predicted octanol–water partition coefficient (Wildman–Crippen LogP) is -0.179. The van der Waals surface area contributed by atoms with Gasteiger partial charge in [0.2, 0.25) is 0 Å². The minimum atomic E-state index is -1.16. The van der Waals surface area contributed by atoms with Gasteiger partial charge < -0.3 is 20.1 Å². The van der Waals surface area contributed by atoms with E-state index < -0.39 is 43.1 Å². The molecule has 1 fully saturated rings. The van der Waals surface area contributed by atoms with Gasteiger partial charge in [-0.3, -0.25) is 14.5 Å². The molecule has 0 bridgehead atoms. The Labute approximate surface area is 164 Å². The highest BCUT2D eigenvalue weighted by molar-refractivity contribution is 5.91. The summed E-state index contributed by atoms with van der Waals surface area (Å²) in [5.41, 5.74) is 0.467. The standard InChI is InChI=1S/C17H19F2N5O5/c18-6-15(26)20-7-12-8-23(17(28)29-12)11-1-2-14(13(19)5-11)22-3-4-24(21-10-22)16(27)9-25/h1-2,5,10,12,25H,3-4,6-9H2,(H,20,26). The number of cyclic esters (lactones) is 1. The van der Waals surface area contributed by atoms with E-state index in [0.29, 0.717) is 0 Å². The van der Waals surface area contributed by atoms with Crippen molar-refractivity contribution in [3.05, 3.63) is 24.0 Å². The van der Waals surface area contributed by atoms with Gasteiger partial charge in [-0.15, -0.1) is 0 Å². The van der Waals surface area contributed by atoms with Crippen LogP contribution in [0.5, 0.6) is 0 Å². The molecule has 0 radical (unpaired) electrons. The van der Waals surface area contributed by atoms with E-state index in [4.69, 9.17) is 9.84 Å². The summed E-state index contributed by atoms with van der Waals surface area (Å²) in [6, 6.07) is 4.16. The quantitative estimate of drug-likeness (QED) is 0.671. The summed E-state index contributed by atoms with van der Waals surface area (Å²) >= 11 is 0. The van der Waals surface area contributed by atoms with Gasteiger partial charge in [0, 0.05) is 6.54 Å². The summed E-state index contributed by atoms with van der Waals surface area (Å²) in [7, 11) is 0. The molecule has 1 saturated heterocycles. The molecular formula is C17H19F2N5O5. The SMILES string of the molecule is O=C(CF)NCC1CN(c2ccc(N3C=NN(C(=O)CO)CC3)c(F)c2)C(=O)O1. The van der Waals surface area contributed by atoms with Crippen LogP contribution in [0, 0.1) is 5.82 Å². The van der Waals surface area contributed by atoms with E-state index in [1.54, 1.807) is 0 Å². The Hall–Kier alpha value is -3.28. The van der Waals surface area contributed by atoms with Crippen LogP contribution in [0.3, 0.4) is 0 Å². The van der Waals surface area contributed by atoms with Crippen molar-refractivity contribution in [2.75, 3.05) is 49.3 Å². The van der Waals surface area contributed by atoms with E-state index in [-0.39, 0.29) is 37.6 Å². The number of nitrogens with zero attached hydrogens (tertiary/aromatic N) is 4. The fourth-order valence-electron chi connectivity index (χ4n) is 2.91. The third-order valence-corrected chi connectivity index (χ3v) is 4.38. The molecule has 10 nitrogen and oxygen atoms in total. The van der Waals surface area contributed by atoms with Crippen LogP contribution in [-0.2, 0) is 14.3 Å². The molecule has 0 aliphatic carbocycles. The molecule has 2 aliphatic heterocycles. The molecule has 1 aromatic rings. The summed E-state index contributed by atoms with van der Waals surface area (Å²) in [4.78, 5) is 37.1. The lowest BCUT2D eigenvalue weighted by molar-refractivity contribution is -0.134. The first kappa shape index (κ1) is 20.5. The van der Waals surface area contributed by atoms with Crippen molar-refractivity contribution in [3.63, 3.8) is 0 Å². The highest BCUT2D eigenvalue weighted by atomic mass is 19.1. The molecule has 1 unspecified atom stereocenters. The molecule has 29 heavy (non-hydrogen) atoms. The fraction of sp³-hybridized carbons (Fsp3) is 0.412. The van der Waals surface area contributed by atoms with Gasteiger partial charge in [0.15, 0.2) is 6.67 Å². The second-order valence-electron chi connectivity index (χ2n) is 6.29. The minimum Gasteiger partial charge on any atom is -0.442 e. The van der Waals surface area contributed by atoms with Gasteiger partial charge >= 0.3 is 6.09 Å². The van der Waals surface area contributed by atoms with Gasteiger partial charge in [-0.2, -0.15) is 5.10 Å². The maximum absolute atomic E-state index is 14.6. The van der Waals surface area contributed by atoms with Gasteiger partial charge in [-0.25, -0.2) is 18.6 Å². The topological polar surface area (TPSA) is 115 Å². The molecule has 0 spiro atoms. The summed E-state index contributed by atoms with van der Waals surface area (Å²) in [6.45, 7) is -1.34. The van der Waals surface area contributed by atoms with Crippen LogP contribution in [-0.4, -0.2) is 79.9 Å². The first-order valence-corrected chi connectivity index (χ1v) is 8.75. The fourth-order valence-corrected chi connectivity index (χ4v) is 2.91. The molecule has 3 amide bonds. The molecule has 1 atom stereocenters. The number of hydrogen-bond donors (Lipinski definition) is 2. The van der Waals surface area contributed by atoms with Crippen LogP contribution in [0.4, 0.5) is 25.0 Å². The van der Waals surface area contributed by atoms with E-state index in [9.17, 15) is 23.2 Å². The van der Waals surface area contributed by atoms with E-state index >= 15 is 0 Å². The second-order valence-corrected chi connectivity index (χ2v) is 6.29. The van der Waals surface area contributed by atoms with Crippen molar-refractivity contribution in [3.8, 4) is 0 Å². The maximum atomic E-state index is 14.6. The van der Waals surface area contributed by atoms with E-state index in [0.717, 1.165) is 11.1 Å². The summed E-state index contributed by atoms with van der Waals surface area (Å²) in [6.07, 6.45) is -0.0950. The summed E-state index contributed by atoms with van der Waals surface area (Å²) < 4.78 is 31.9. The molecular weight excluding hydrogens is 392 g/mol.